The highest BCUT2D eigenvalue weighted by Gasteiger charge is 2.03. The molecule has 0 bridgehead atoms. The molecule has 0 fully saturated rings. The summed E-state index contributed by atoms with van der Waals surface area (Å²) in [6, 6.07) is 0.334. The topological polar surface area (TPSA) is 26.0 Å². The summed E-state index contributed by atoms with van der Waals surface area (Å²) in [6.45, 7) is 6.32. The Labute approximate surface area is 64.3 Å². The van der Waals surface area contributed by atoms with Crippen molar-refractivity contribution >= 4 is 0 Å². The van der Waals surface area contributed by atoms with Crippen LogP contribution in [0.2, 0.25) is 0 Å². The SMILES string of the molecule is C/C=C/C(CC)CC(C)N. The van der Waals surface area contributed by atoms with Gasteiger partial charge in [0.1, 0.15) is 0 Å². The molecule has 2 N–H and O–H groups in total. The molecule has 0 spiro atoms. The third-order valence-electron chi connectivity index (χ3n) is 1.66. The Morgan fingerprint density at radius 3 is 2.40 bits per heavy atom. The van der Waals surface area contributed by atoms with E-state index in [0.29, 0.717) is 12.0 Å². The Kier molecular flexibility index (Phi) is 5.32. The van der Waals surface area contributed by atoms with Crippen LogP contribution in [0.4, 0.5) is 0 Å². The molecule has 0 radical (unpaired) electrons. The Balaban J connectivity index is 3.60. The van der Waals surface area contributed by atoms with Crippen LogP contribution in [0.5, 0.6) is 0 Å². The molecule has 0 aromatic carbocycles. The highest BCUT2D eigenvalue weighted by molar-refractivity contribution is 4.86. The molecule has 1 heteroatoms. The molecule has 10 heavy (non-hydrogen) atoms. The zero-order chi connectivity index (χ0) is 7.98. The van der Waals surface area contributed by atoms with Crippen molar-refractivity contribution in [2.75, 3.05) is 0 Å². The lowest BCUT2D eigenvalue weighted by atomic mass is 9.98. The average molecular weight is 141 g/mol. The molecule has 0 amide bonds. The van der Waals surface area contributed by atoms with Gasteiger partial charge in [0.05, 0.1) is 0 Å². The summed E-state index contributed by atoms with van der Waals surface area (Å²) in [7, 11) is 0. The van der Waals surface area contributed by atoms with Gasteiger partial charge >= 0.3 is 0 Å². The number of hydrogen-bond acceptors (Lipinski definition) is 1. The van der Waals surface area contributed by atoms with E-state index in [4.69, 9.17) is 5.73 Å². The van der Waals surface area contributed by atoms with E-state index >= 15 is 0 Å². The maximum Gasteiger partial charge on any atom is 0.00160 e. The van der Waals surface area contributed by atoms with Gasteiger partial charge in [-0.05, 0) is 32.6 Å². The summed E-state index contributed by atoms with van der Waals surface area (Å²) in [5.74, 6) is 0.685. The van der Waals surface area contributed by atoms with Gasteiger partial charge in [-0.2, -0.15) is 0 Å². The third-order valence-corrected chi connectivity index (χ3v) is 1.66. The van der Waals surface area contributed by atoms with E-state index in [9.17, 15) is 0 Å². The van der Waals surface area contributed by atoms with Gasteiger partial charge in [0, 0.05) is 6.04 Å². The molecule has 0 aromatic rings. The van der Waals surface area contributed by atoms with E-state index in [2.05, 4.69) is 32.9 Å². The van der Waals surface area contributed by atoms with Gasteiger partial charge < -0.3 is 5.73 Å². The monoisotopic (exact) mass is 141 g/mol. The van der Waals surface area contributed by atoms with Crippen LogP contribution in [-0.4, -0.2) is 6.04 Å². The lowest BCUT2D eigenvalue weighted by Crippen LogP contribution is -2.18. The first-order chi connectivity index (χ1) is 4.70. The second-order valence-electron chi connectivity index (χ2n) is 2.91. The van der Waals surface area contributed by atoms with Crippen molar-refractivity contribution in [3.8, 4) is 0 Å². The Hall–Kier alpha value is -0.300. The summed E-state index contributed by atoms with van der Waals surface area (Å²) in [6.07, 6.45) is 6.66. The summed E-state index contributed by atoms with van der Waals surface area (Å²) in [4.78, 5) is 0. The molecule has 0 saturated heterocycles. The molecule has 0 aromatic heterocycles. The van der Waals surface area contributed by atoms with Crippen LogP contribution < -0.4 is 5.73 Å². The fourth-order valence-electron chi connectivity index (χ4n) is 1.13. The van der Waals surface area contributed by atoms with E-state index < -0.39 is 0 Å². The van der Waals surface area contributed by atoms with Gasteiger partial charge in [-0.1, -0.05) is 19.1 Å². The maximum absolute atomic E-state index is 5.67. The smallest absolute Gasteiger partial charge is 0.00160 e. The van der Waals surface area contributed by atoms with Crippen LogP contribution in [0, 0.1) is 5.92 Å². The lowest BCUT2D eigenvalue weighted by molar-refractivity contribution is 0.512. The standard InChI is InChI=1S/C9H19N/c1-4-6-9(5-2)7-8(3)10/h4,6,8-9H,5,7,10H2,1-3H3/b6-4+. The maximum atomic E-state index is 5.67. The molecular formula is C9H19N. The fraction of sp³-hybridized carbons (Fsp3) is 0.778. The van der Waals surface area contributed by atoms with Crippen LogP contribution in [0.1, 0.15) is 33.6 Å². The van der Waals surface area contributed by atoms with Crippen molar-refractivity contribution < 1.29 is 0 Å². The summed E-state index contributed by atoms with van der Waals surface area (Å²) in [5.41, 5.74) is 5.67. The van der Waals surface area contributed by atoms with Crippen LogP contribution >= 0.6 is 0 Å². The minimum absolute atomic E-state index is 0.334. The van der Waals surface area contributed by atoms with E-state index in [0.717, 1.165) is 6.42 Å². The third kappa shape index (κ3) is 4.57. The number of nitrogens with two attached hydrogens (primary N) is 1. The van der Waals surface area contributed by atoms with Gasteiger partial charge in [0.2, 0.25) is 0 Å². The van der Waals surface area contributed by atoms with E-state index in [1.807, 2.05) is 0 Å². The lowest BCUT2D eigenvalue weighted by Gasteiger charge is -2.11. The first-order valence-electron chi connectivity index (χ1n) is 4.09. The summed E-state index contributed by atoms with van der Waals surface area (Å²) < 4.78 is 0. The van der Waals surface area contributed by atoms with Crippen LogP contribution in [0.25, 0.3) is 0 Å². The highest BCUT2D eigenvalue weighted by atomic mass is 14.6. The molecule has 60 valence electrons. The Morgan fingerprint density at radius 1 is 1.50 bits per heavy atom. The van der Waals surface area contributed by atoms with E-state index in [-0.39, 0.29) is 0 Å². The molecule has 0 aliphatic carbocycles. The van der Waals surface area contributed by atoms with E-state index in [1.54, 1.807) is 0 Å². The molecular weight excluding hydrogens is 122 g/mol. The van der Waals surface area contributed by atoms with Gasteiger partial charge in [0.25, 0.3) is 0 Å². The summed E-state index contributed by atoms with van der Waals surface area (Å²) in [5, 5.41) is 0. The van der Waals surface area contributed by atoms with Gasteiger partial charge in [0.15, 0.2) is 0 Å². The first-order valence-corrected chi connectivity index (χ1v) is 4.09. The molecule has 0 rings (SSSR count). The number of allylic oxidation sites excluding steroid dienone is 2. The van der Waals surface area contributed by atoms with Crippen LogP contribution in [0.3, 0.4) is 0 Å². The van der Waals surface area contributed by atoms with Crippen molar-refractivity contribution in [3.05, 3.63) is 12.2 Å². The largest absolute Gasteiger partial charge is 0.328 e. The zero-order valence-electron chi connectivity index (χ0n) is 7.30. The van der Waals surface area contributed by atoms with Crippen molar-refractivity contribution in [3.63, 3.8) is 0 Å². The number of rotatable bonds is 4. The van der Waals surface area contributed by atoms with Gasteiger partial charge in [-0.25, -0.2) is 0 Å². The van der Waals surface area contributed by atoms with Crippen molar-refractivity contribution in [2.45, 2.75) is 39.7 Å². The minimum Gasteiger partial charge on any atom is -0.328 e. The molecule has 2 atom stereocenters. The van der Waals surface area contributed by atoms with Gasteiger partial charge in [-0.3, -0.25) is 0 Å². The normalized spacial score (nSPS) is 17.6. The average Bonchev–Trinajstić information content (AvgIpc) is 1.86. The predicted molar refractivity (Wildman–Crippen MR) is 46.9 cm³/mol. The Morgan fingerprint density at radius 2 is 2.10 bits per heavy atom. The van der Waals surface area contributed by atoms with E-state index in [1.165, 1.54) is 6.42 Å². The van der Waals surface area contributed by atoms with Crippen LogP contribution in [0.15, 0.2) is 12.2 Å². The molecule has 0 saturated carbocycles. The zero-order valence-corrected chi connectivity index (χ0v) is 7.30. The Bertz CT molecular complexity index is 94.9. The molecule has 1 nitrogen and oxygen atoms in total. The predicted octanol–water partition coefficient (Wildman–Crippen LogP) is 2.33. The van der Waals surface area contributed by atoms with Crippen molar-refractivity contribution in [1.82, 2.24) is 0 Å². The first kappa shape index (κ1) is 9.70. The second kappa shape index (κ2) is 5.48. The molecule has 2 unspecified atom stereocenters. The van der Waals surface area contributed by atoms with Crippen LogP contribution in [-0.2, 0) is 0 Å². The van der Waals surface area contributed by atoms with Crippen molar-refractivity contribution in [2.24, 2.45) is 11.7 Å². The molecule has 0 heterocycles. The van der Waals surface area contributed by atoms with Gasteiger partial charge in [-0.15, -0.1) is 0 Å². The fourth-order valence-corrected chi connectivity index (χ4v) is 1.13. The summed E-state index contributed by atoms with van der Waals surface area (Å²) >= 11 is 0. The second-order valence-corrected chi connectivity index (χ2v) is 2.91. The highest BCUT2D eigenvalue weighted by Crippen LogP contribution is 2.11. The molecule has 0 aliphatic rings. The molecule has 0 aliphatic heterocycles. The van der Waals surface area contributed by atoms with Crippen molar-refractivity contribution in [1.29, 1.82) is 0 Å². The minimum atomic E-state index is 0.334. The number of hydrogen-bond donors (Lipinski definition) is 1. The quantitative estimate of drug-likeness (QED) is 0.597.